The summed E-state index contributed by atoms with van der Waals surface area (Å²) in [5.41, 5.74) is 2.54. The van der Waals surface area contributed by atoms with Gasteiger partial charge in [-0.1, -0.05) is 40.0 Å². The summed E-state index contributed by atoms with van der Waals surface area (Å²) in [7, 11) is 0. The van der Waals surface area contributed by atoms with E-state index in [0.717, 1.165) is 31.5 Å². The lowest BCUT2D eigenvalue weighted by Crippen LogP contribution is -2.16. The highest BCUT2D eigenvalue weighted by atomic mass is 35.5. The molecule has 0 aliphatic carbocycles. The molecular weight excluding hydrogens is 284 g/mol. The van der Waals surface area contributed by atoms with Gasteiger partial charge in [-0.2, -0.15) is 0 Å². The Morgan fingerprint density at radius 1 is 1.05 bits per heavy atom. The molecule has 21 heavy (non-hydrogen) atoms. The number of hydrogen-bond acceptors (Lipinski definition) is 2. The third kappa shape index (κ3) is 6.39. The number of aryl methyl sites for hydroxylation is 2. The lowest BCUT2D eigenvalue weighted by Gasteiger charge is -2.16. The van der Waals surface area contributed by atoms with Crippen LogP contribution in [-0.2, 0) is 12.8 Å². The van der Waals surface area contributed by atoms with E-state index in [0.29, 0.717) is 0 Å². The number of halogens is 1. The summed E-state index contributed by atoms with van der Waals surface area (Å²) in [5.74, 6) is 1.15. The summed E-state index contributed by atoms with van der Waals surface area (Å²) >= 11 is 0. The van der Waals surface area contributed by atoms with Crippen LogP contribution in [0.3, 0.4) is 0 Å². The molecule has 1 heterocycles. The molecule has 4 heteroatoms. The molecule has 0 fully saturated rings. The Labute approximate surface area is 136 Å². The monoisotopic (exact) mass is 316 g/mol. The molecule has 0 spiro atoms. The molecule has 0 aromatic carbocycles. The Kier molecular flexibility index (Phi) is 10.8. The van der Waals surface area contributed by atoms with Gasteiger partial charge >= 0.3 is 0 Å². The first-order valence-corrected chi connectivity index (χ1v) is 8.39. The molecule has 1 aromatic heterocycles. The minimum atomic E-state index is -0.334. The summed E-state index contributed by atoms with van der Waals surface area (Å²) in [5, 5.41) is 9.99. The Morgan fingerprint density at radius 3 is 2.19 bits per heavy atom. The van der Waals surface area contributed by atoms with E-state index >= 15 is 0 Å². The van der Waals surface area contributed by atoms with Crippen LogP contribution in [-0.4, -0.2) is 21.2 Å². The number of hydrogen-bond donors (Lipinski definition) is 2. The molecule has 2 unspecified atom stereocenters. The van der Waals surface area contributed by atoms with Gasteiger partial charge in [0.1, 0.15) is 5.82 Å². The molecule has 1 rings (SSSR count). The number of nitrogens with zero attached hydrogens (tertiary/aromatic N) is 1. The van der Waals surface area contributed by atoms with E-state index in [1.807, 2.05) is 6.92 Å². The number of H-pyrrole nitrogens is 1. The van der Waals surface area contributed by atoms with Gasteiger partial charge in [0.05, 0.1) is 11.8 Å². The first kappa shape index (κ1) is 20.5. The first-order chi connectivity index (χ1) is 9.63. The van der Waals surface area contributed by atoms with Crippen LogP contribution in [0.5, 0.6) is 0 Å². The first-order valence-electron chi connectivity index (χ1n) is 8.39. The zero-order valence-electron chi connectivity index (χ0n) is 14.1. The summed E-state index contributed by atoms with van der Waals surface area (Å²) in [6, 6.07) is 0. The van der Waals surface area contributed by atoms with Crippen molar-refractivity contribution in [2.24, 2.45) is 0 Å². The third-order valence-corrected chi connectivity index (χ3v) is 3.96. The molecule has 0 radical (unpaired) electrons. The molecule has 0 aliphatic heterocycles. The average Bonchev–Trinajstić information content (AvgIpc) is 2.82. The van der Waals surface area contributed by atoms with E-state index in [2.05, 4.69) is 25.8 Å². The zero-order valence-corrected chi connectivity index (χ0v) is 14.9. The van der Waals surface area contributed by atoms with Gasteiger partial charge in [-0.15, -0.1) is 12.4 Å². The Bertz CT molecular complexity index is 351. The molecule has 1 aromatic rings. The summed E-state index contributed by atoms with van der Waals surface area (Å²) < 4.78 is 0. The van der Waals surface area contributed by atoms with Crippen LogP contribution in [0.15, 0.2) is 0 Å². The molecule has 2 N–H and O–H groups in total. The molecule has 3 nitrogen and oxygen atoms in total. The Balaban J connectivity index is 0.00000400. The van der Waals surface area contributed by atoms with Crippen molar-refractivity contribution in [2.75, 3.05) is 0 Å². The van der Waals surface area contributed by atoms with Crippen molar-refractivity contribution in [1.82, 2.24) is 9.97 Å². The second-order valence-corrected chi connectivity index (χ2v) is 5.89. The number of aromatic amines is 1. The van der Waals surface area contributed by atoms with Gasteiger partial charge in [0.25, 0.3) is 0 Å². The van der Waals surface area contributed by atoms with Crippen molar-refractivity contribution in [2.45, 2.75) is 91.1 Å². The van der Waals surface area contributed by atoms with Crippen LogP contribution in [0.2, 0.25) is 0 Å². The van der Waals surface area contributed by atoms with Gasteiger partial charge in [-0.25, -0.2) is 4.98 Å². The number of aromatic nitrogens is 2. The van der Waals surface area contributed by atoms with Crippen LogP contribution < -0.4 is 0 Å². The molecular formula is C17H33ClN2O. The van der Waals surface area contributed by atoms with Crippen molar-refractivity contribution in [3.63, 3.8) is 0 Å². The van der Waals surface area contributed by atoms with Crippen LogP contribution >= 0.6 is 12.4 Å². The van der Waals surface area contributed by atoms with Crippen molar-refractivity contribution in [1.29, 1.82) is 0 Å². The smallest absolute Gasteiger partial charge is 0.112 e. The third-order valence-electron chi connectivity index (χ3n) is 3.96. The quantitative estimate of drug-likeness (QED) is 0.652. The fourth-order valence-corrected chi connectivity index (χ4v) is 2.67. The van der Waals surface area contributed by atoms with Crippen molar-refractivity contribution < 1.29 is 5.11 Å². The molecule has 0 saturated heterocycles. The minimum Gasteiger partial charge on any atom is -0.393 e. The Hall–Kier alpha value is -0.540. The van der Waals surface area contributed by atoms with Gasteiger partial charge in [0, 0.05) is 11.6 Å². The van der Waals surface area contributed by atoms with Crippen LogP contribution in [0.25, 0.3) is 0 Å². The lowest BCUT2D eigenvalue weighted by atomic mass is 9.97. The number of nitrogens with one attached hydrogen (secondary N) is 1. The topological polar surface area (TPSA) is 48.9 Å². The Morgan fingerprint density at radius 2 is 1.67 bits per heavy atom. The van der Waals surface area contributed by atoms with E-state index in [9.17, 15) is 5.11 Å². The van der Waals surface area contributed by atoms with E-state index in [1.54, 1.807) is 0 Å². The maximum Gasteiger partial charge on any atom is 0.112 e. The van der Waals surface area contributed by atoms with Crippen LogP contribution in [0.4, 0.5) is 0 Å². The van der Waals surface area contributed by atoms with Crippen molar-refractivity contribution >= 4 is 12.4 Å². The van der Waals surface area contributed by atoms with Crippen molar-refractivity contribution in [3.05, 3.63) is 17.2 Å². The standard InChI is InChI=1S/C17H32N2O.ClH/c1-5-8-11-15-16(12-9-6-2)19-17(18-15)14(10-7-3)13(4)20;/h13-14,20H,5-12H2,1-4H3,(H,18,19);1H. The summed E-state index contributed by atoms with van der Waals surface area (Å²) in [6.07, 6.45) is 8.67. The number of imidazole rings is 1. The van der Waals surface area contributed by atoms with Crippen LogP contribution in [0.1, 0.15) is 89.4 Å². The molecule has 2 atom stereocenters. The number of aliphatic hydroxyl groups excluding tert-OH is 1. The van der Waals surface area contributed by atoms with Gasteiger partial charge in [-0.05, 0) is 39.0 Å². The zero-order chi connectivity index (χ0) is 15.0. The van der Waals surface area contributed by atoms with Crippen molar-refractivity contribution in [3.8, 4) is 0 Å². The fourth-order valence-electron chi connectivity index (χ4n) is 2.67. The second-order valence-electron chi connectivity index (χ2n) is 5.89. The SMILES string of the molecule is CCCCc1nc(C(CCC)C(C)O)[nH]c1CCCC.Cl. The molecule has 0 saturated carbocycles. The number of unbranched alkanes of at least 4 members (excludes halogenated alkanes) is 2. The van der Waals surface area contributed by atoms with E-state index in [4.69, 9.17) is 4.98 Å². The van der Waals surface area contributed by atoms with Gasteiger partial charge in [-0.3, -0.25) is 0 Å². The summed E-state index contributed by atoms with van der Waals surface area (Å²) in [4.78, 5) is 8.35. The normalized spacial score (nSPS) is 13.8. The maximum absolute atomic E-state index is 9.99. The fraction of sp³-hybridized carbons (Fsp3) is 0.824. The van der Waals surface area contributed by atoms with Gasteiger partial charge in [0.15, 0.2) is 0 Å². The highest BCUT2D eigenvalue weighted by Gasteiger charge is 2.21. The number of aliphatic hydroxyl groups is 1. The van der Waals surface area contributed by atoms with Gasteiger partial charge in [0.2, 0.25) is 0 Å². The highest BCUT2D eigenvalue weighted by molar-refractivity contribution is 5.85. The van der Waals surface area contributed by atoms with E-state index < -0.39 is 0 Å². The lowest BCUT2D eigenvalue weighted by molar-refractivity contribution is 0.153. The summed E-state index contributed by atoms with van der Waals surface area (Å²) in [6.45, 7) is 8.47. The van der Waals surface area contributed by atoms with E-state index in [1.165, 1.54) is 37.1 Å². The molecule has 0 aliphatic rings. The second kappa shape index (κ2) is 11.1. The number of rotatable bonds is 10. The molecule has 0 amide bonds. The largest absolute Gasteiger partial charge is 0.393 e. The molecule has 0 bridgehead atoms. The average molecular weight is 317 g/mol. The van der Waals surface area contributed by atoms with Gasteiger partial charge < -0.3 is 10.1 Å². The van der Waals surface area contributed by atoms with Crippen LogP contribution in [0, 0.1) is 0 Å². The molecule has 124 valence electrons. The van der Waals surface area contributed by atoms with E-state index in [-0.39, 0.29) is 24.4 Å². The maximum atomic E-state index is 9.99. The minimum absolute atomic E-state index is 0. The highest BCUT2D eigenvalue weighted by Crippen LogP contribution is 2.25. The predicted molar refractivity (Wildman–Crippen MR) is 92.4 cm³/mol. The predicted octanol–water partition coefficient (Wildman–Crippen LogP) is 4.78.